The number of hydrogen-bond acceptors (Lipinski definition) is 6. The first-order chi connectivity index (χ1) is 13.0. The molecule has 0 atom stereocenters. The van der Waals surface area contributed by atoms with Crippen molar-refractivity contribution >= 4 is 59.8 Å². The Morgan fingerprint density at radius 1 is 1.26 bits per heavy atom. The Bertz CT molecular complexity index is 1130. The molecule has 0 unspecified atom stereocenters. The zero-order chi connectivity index (χ0) is 19.0. The molecule has 0 fully saturated rings. The number of nitrogens with zero attached hydrogens (tertiary/aromatic N) is 4. The monoisotopic (exact) mass is 507 g/mol. The molecule has 0 aliphatic carbocycles. The first-order valence-electron chi connectivity index (χ1n) is 7.67. The lowest BCUT2D eigenvalue weighted by atomic mass is 10.1. The van der Waals surface area contributed by atoms with Gasteiger partial charge in [-0.3, -0.25) is 4.79 Å². The van der Waals surface area contributed by atoms with Crippen LogP contribution in [0.25, 0.3) is 15.5 Å². The molecule has 10 heteroatoms. The summed E-state index contributed by atoms with van der Waals surface area (Å²) in [4.78, 5) is 13.5. The van der Waals surface area contributed by atoms with Gasteiger partial charge in [0.25, 0.3) is 5.91 Å². The molecule has 136 valence electrons. The molecule has 0 aliphatic heterocycles. The zero-order valence-electron chi connectivity index (χ0n) is 13.8. The maximum absolute atomic E-state index is 12.8. The lowest BCUT2D eigenvalue weighted by Gasteiger charge is -2.12. The van der Waals surface area contributed by atoms with Crippen molar-refractivity contribution in [2.24, 2.45) is 0 Å². The number of methoxy groups -OCH3 is 1. The highest BCUT2D eigenvalue weighted by Gasteiger charge is 2.17. The summed E-state index contributed by atoms with van der Waals surface area (Å²) in [7, 11) is 1.53. The van der Waals surface area contributed by atoms with Crippen LogP contribution in [0.1, 0.15) is 10.4 Å². The number of fused-ring (bicyclic) bond motifs is 1. The normalized spacial score (nSPS) is 10.9. The third kappa shape index (κ3) is 3.60. The van der Waals surface area contributed by atoms with Gasteiger partial charge in [0, 0.05) is 15.7 Å². The molecule has 0 aliphatic rings. The number of ether oxygens (including phenoxy) is 1. The van der Waals surface area contributed by atoms with Gasteiger partial charge in [-0.2, -0.15) is 9.61 Å². The van der Waals surface area contributed by atoms with E-state index in [4.69, 9.17) is 4.74 Å². The number of aromatic nitrogens is 4. The minimum atomic E-state index is -0.274. The number of carbonyl (C=O) groups excluding carboxylic acids is 1. The van der Waals surface area contributed by atoms with Gasteiger partial charge >= 0.3 is 0 Å². The highest BCUT2D eigenvalue weighted by atomic mass is 79.9. The summed E-state index contributed by atoms with van der Waals surface area (Å²) in [5, 5.41) is 15.9. The average molecular weight is 509 g/mol. The molecular formula is C17H11Br2N5O2S. The summed E-state index contributed by atoms with van der Waals surface area (Å²) in [5.41, 5.74) is 1.95. The van der Waals surface area contributed by atoms with Crippen LogP contribution >= 0.6 is 43.2 Å². The SMILES string of the molecule is COc1c(Br)cc(Br)cc1C(=O)Nc1cccc(-c2nn3cnnc3s2)c1. The van der Waals surface area contributed by atoms with Crippen LogP contribution in [0.15, 0.2) is 51.7 Å². The van der Waals surface area contributed by atoms with Crippen LogP contribution in [0.3, 0.4) is 0 Å². The van der Waals surface area contributed by atoms with E-state index >= 15 is 0 Å². The van der Waals surface area contributed by atoms with E-state index in [1.165, 1.54) is 18.4 Å². The van der Waals surface area contributed by atoms with Crippen LogP contribution in [-0.4, -0.2) is 32.8 Å². The van der Waals surface area contributed by atoms with Crippen LogP contribution in [0.5, 0.6) is 5.75 Å². The number of carbonyl (C=O) groups is 1. The highest BCUT2D eigenvalue weighted by molar-refractivity contribution is 9.11. The maximum atomic E-state index is 12.8. The van der Waals surface area contributed by atoms with Crippen molar-refractivity contribution in [3.63, 3.8) is 0 Å². The molecule has 2 aromatic heterocycles. The van der Waals surface area contributed by atoms with Gasteiger partial charge in [0.05, 0.1) is 17.1 Å². The Kier molecular flexibility index (Phi) is 4.94. The van der Waals surface area contributed by atoms with Gasteiger partial charge in [-0.1, -0.05) is 39.4 Å². The molecule has 0 radical (unpaired) electrons. The molecule has 0 saturated carbocycles. The minimum Gasteiger partial charge on any atom is -0.495 e. The van der Waals surface area contributed by atoms with Gasteiger partial charge in [0.15, 0.2) is 0 Å². The van der Waals surface area contributed by atoms with Gasteiger partial charge in [-0.25, -0.2) is 0 Å². The van der Waals surface area contributed by atoms with Crippen molar-refractivity contribution in [1.29, 1.82) is 0 Å². The minimum absolute atomic E-state index is 0.274. The summed E-state index contributed by atoms with van der Waals surface area (Å²) in [6, 6.07) is 11.0. The molecular weight excluding hydrogens is 498 g/mol. The number of nitrogens with one attached hydrogen (secondary N) is 1. The van der Waals surface area contributed by atoms with Crippen molar-refractivity contribution in [1.82, 2.24) is 19.8 Å². The summed E-state index contributed by atoms with van der Waals surface area (Å²) in [6.07, 6.45) is 1.55. The van der Waals surface area contributed by atoms with E-state index in [1.807, 2.05) is 30.3 Å². The largest absolute Gasteiger partial charge is 0.495 e. The zero-order valence-corrected chi connectivity index (χ0v) is 17.8. The number of halogens is 2. The molecule has 0 saturated heterocycles. The molecule has 4 rings (SSSR count). The first kappa shape index (κ1) is 18.1. The van der Waals surface area contributed by atoms with E-state index in [2.05, 4.69) is 52.5 Å². The van der Waals surface area contributed by atoms with Crippen LogP contribution in [0.2, 0.25) is 0 Å². The Morgan fingerprint density at radius 3 is 2.89 bits per heavy atom. The van der Waals surface area contributed by atoms with E-state index < -0.39 is 0 Å². The summed E-state index contributed by atoms with van der Waals surface area (Å²) in [6.45, 7) is 0. The van der Waals surface area contributed by atoms with Crippen molar-refractivity contribution in [2.75, 3.05) is 12.4 Å². The average Bonchev–Trinajstić information content (AvgIpc) is 3.23. The molecule has 0 spiro atoms. The number of rotatable bonds is 4. The topological polar surface area (TPSA) is 81.4 Å². The third-order valence-electron chi connectivity index (χ3n) is 3.71. The van der Waals surface area contributed by atoms with Crippen LogP contribution < -0.4 is 10.1 Å². The van der Waals surface area contributed by atoms with Crippen LogP contribution in [0.4, 0.5) is 5.69 Å². The number of amides is 1. The van der Waals surface area contributed by atoms with Gasteiger partial charge in [0.1, 0.15) is 17.1 Å². The van der Waals surface area contributed by atoms with Crippen molar-refractivity contribution < 1.29 is 9.53 Å². The predicted molar refractivity (Wildman–Crippen MR) is 110 cm³/mol. The van der Waals surface area contributed by atoms with Gasteiger partial charge in [-0.15, -0.1) is 10.2 Å². The fraction of sp³-hybridized carbons (Fsp3) is 0.0588. The van der Waals surface area contributed by atoms with Gasteiger partial charge < -0.3 is 10.1 Å². The van der Waals surface area contributed by atoms with E-state index in [0.29, 0.717) is 26.4 Å². The van der Waals surface area contributed by atoms with Crippen molar-refractivity contribution in [3.05, 3.63) is 57.2 Å². The lowest BCUT2D eigenvalue weighted by molar-refractivity contribution is 0.102. The third-order valence-corrected chi connectivity index (χ3v) is 5.72. The molecule has 2 aromatic carbocycles. The molecule has 0 bridgehead atoms. The van der Waals surface area contributed by atoms with E-state index in [0.717, 1.165) is 15.0 Å². The van der Waals surface area contributed by atoms with E-state index in [-0.39, 0.29) is 5.91 Å². The molecule has 4 aromatic rings. The Labute approximate surface area is 174 Å². The van der Waals surface area contributed by atoms with Gasteiger partial charge in [-0.05, 0) is 40.2 Å². The fourth-order valence-electron chi connectivity index (χ4n) is 2.54. The second-order valence-corrected chi connectivity index (χ2v) is 8.19. The number of anilines is 1. The van der Waals surface area contributed by atoms with Crippen molar-refractivity contribution in [3.8, 4) is 16.3 Å². The molecule has 1 N–H and O–H groups in total. The highest BCUT2D eigenvalue weighted by Crippen LogP contribution is 2.33. The second-order valence-electron chi connectivity index (χ2n) is 5.47. The molecule has 2 heterocycles. The summed E-state index contributed by atoms with van der Waals surface area (Å²) in [5.74, 6) is 0.199. The lowest BCUT2D eigenvalue weighted by Crippen LogP contribution is -2.13. The fourth-order valence-corrected chi connectivity index (χ4v) is 4.74. The molecule has 7 nitrogen and oxygen atoms in total. The number of benzene rings is 2. The first-order valence-corrected chi connectivity index (χ1v) is 10.1. The van der Waals surface area contributed by atoms with E-state index in [1.54, 1.807) is 16.9 Å². The molecule has 27 heavy (non-hydrogen) atoms. The van der Waals surface area contributed by atoms with Crippen LogP contribution in [0, 0.1) is 0 Å². The Morgan fingerprint density at radius 2 is 2.11 bits per heavy atom. The smallest absolute Gasteiger partial charge is 0.259 e. The number of hydrogen-bond donors (Lipinski definition) is 1. The summed E-state index contributed by atoms with van der Waals surface area (Å²) < 4.78 is 8.44. The van der Waals surface area contributed by atoms with Gasteiger partial charge in [0.2, 0.25) is 4.96 Å². The maximum Gasteiger partial charge on any atom is 0.259 e. The van der Waals surface area contributed by atoms with Crippen molar-refractivity contribution in [2.45, 2.75) is 0 Å². The summed E-state index contributed by atoms with van der Waals surface area (Å²) >= 11 is 8.24. The Balaban J connectivity index is 1.64. The standard InChI is InChI=1S/C17H11Br2N5O2S/c1-26-14-12(6-10(18)7-13(14)19)15(25)21-11-4-2-3-9(5-11)16-23-24-8-20-22-17(24)27-16/h2-8H,1H3,(H,21,25). The van der Waals surface area contributed by atoms with Crippen LogP contribution in [-0.2, 0) is 0 Å². The quantitative estimate of drug-likeness (QED) is 0.434. The Hall–Kier alpha value is -2.30. The van der Waals surface area contributed by atoms with E-state index in [9.17, 15) is 4.79 Å². The predicted octanol–water partition coefficient (Wildman–Crippen LogP) is 4.64. The second kappa shape index (κ2) is 7.37. The molecule has 1 amide bonds.